The standard InChI is InChI=1S/C12H12BrF2NO/c1-12(3-2-4-12)16-11(17)7-5-8(14)10(13)9(15)6-7/h5-6H,2-4H2,1H3,(H,16,17). The lowest BCUT2D eigenvalue weighted by Crippen LogP contribution is -2.50. The average Bonchev–Trinajstić information content (AvgIpc) is 2.22. The maximum Gasteiger partial charge on any atom is 0.251 e. The van der Waals surface area contributed by atoms with Crippen LogP contribution in [-0.4, -0.2) is 11.4 Å². The number of rotatable bonds is 2. The fourth-order valence-corrected chi connectivity index (χ4v) is 2.09. The van der Waals surface area contributed by atoms with E-state index in [1.807, 2.05) is 6.92 Å². The highest BCUT2D eigenvalue weighted by Gasteiger charge is 2.33. The first-order valence-corrected chi connectivity index (χ1v) is 6.18. The summed E-state index contributed by atoms with van der Waals surface area (Å²) < 4.78 is 26.3. The molecule has 92 valence electrons. The lowest BCUT2D eigenvalue weighted by atomic mass is 9.78. The molecule has 5 heteroatoms. The van der Waals surface area contributed by atoms with Crippen molar-refractivity contribution in [3.05, 3.63) is 33.8 Å². The summed E-state index contributed by atoms with van der Waals surface area (Å²) in [6.07, 6.45) is 2.88. The molecular formula is C12H12BrF2NO. The van der Waals surface area contributed by atoms with Crippen molar-refractivity contribution >= 4 is 21.8 Å². The molecule has 0 aliphatic heterocycles. The zero-order valence-electron chi connectivity index (χ0n) is 9.32. The molecule has 1 saturated carbocycles. The van der Waals surface area contributed by atoms with Crippen LogP contribution in [-0.2, 0) is 0 Å². The third kappa shape index (κ3) is 2.49. The Balaban J connectivity index is 2.19. The van der Waals surface area contributed by atoms with E-state index in [0.717, 1.165) is 31.4 Å². The van der Waals surface area contributed by atoms with Crippen molar-refractivity contribution in [1.82, 2.24) is 5.32 Å². The normalized spacial score (nSPS) is 17.4. The molecule has 0 saturated heterocycles. The van der Waals surface area contributed by atoms with E-state index < -0.39 is 17.5 Å². The molecular weight excluding hydrogens is 292 g/mol. The Labute approximate surface area is 107 Å². The smallest absolute Gasteiger partial charge is 0.251 e. The Morgan fingerprint density at radius 2 is 1.88 bits per heavy atom. The molecule has 0 bridgehead atoms. The zero-order chi connectivity index (χ0) is 12.6. The minimum Gasteiger partial charge on any atom is -0.347 e. The summed E-state index contributed by atoms with van der Waals surface area (Å²) in [7, 11) is 0. The first-order chi connectivity index (χ1) is 7.91. The average molecular weight is 304 g/mol. The molecule has 2 rings (SSSR count). The van der Waals surface area contributed by atoms with E-state index >= 15 is 0 Å². The number of halogens is 3. The molecule has 1 aromatic rings. The second-order valence-electron chi connectivity index (χ2n) is 4.62. The minimum absolute atomic E-state index is 0.0105. The van der Waals surface area contributed by atoms with Crippen molar-refractivity contribution in [3.63, 3.8) is 0 Å². The van der Waals surface area contributed by atoms with Gasteiger partial charge in [-0.05, 0) is 54.2 Å². The van der Waals surface area contributed by atoms with E-state index in [4.69, 9.17) is 0 Å². The molecule has 0 heterocycles. The van der Waals surface area contributed by atoms with Crippen LogP contribution in [0, 0.1) is 11.6 Å². The highest BCUT2D eigenvalue weighted by Crippen LogP contribution is 2.31. The second kappa shape index (κ2) is 4.37. The largest absolute Gasteiger partial charge is 0.347 e. The van der Waals surface area contributed by atoms with E-state index in [9.17, 15) is 13.6 Å². The number of carbonyl (C=O) groups excluding carboxylic acids is 1. The summed E-state index contributed by atoms with van der Waals surface area (Å²) in [6, 6.07) is 2.06. The molecule has 2 nitrogen and oxygen atoms in total. The van der Waals surface area contributed by atoms with Gasteiger partial charge in [0, 0.05) is 11.1 Å². The topological polar surface area (TPSA) is 29.1 Å². The van der Waals surface area contributed by atoms with Gasteiger partial charge in [-0.3, -0.25) is 4.79 Å². The third-order valence-electron chi connectivity index (χ3n) is 3.12. The molecule has 1 aliphatic rings. The van der Waals surface area contributed by atoms with Crippen LogP contribution in [0.1, 0.15) is 36.5 Å². The Kier molecular flexibility index (Phi) is 3.21. The van der Waals surface area contributed by atoms with Crippen LogP contribution >= 0.6 is 15.9 Å². The summed E-state index contributed by atoms with van der Waals surface area (Å²) in [4.78, 5) is 11.8. The summed E-state index contributed by atoms with van der Waals surface area (Å²) in [5.74, 6) is -1.97. The summed E-state index contributed by atoms with van der Waals surface area (Å²) in [5, 5.41) is 2.80. The van der Waals surface area contributed by atoms with Crippen molar-refractivity contribution in [2.24, 2.45) is 0 Å². The number of benzene rings is 1. The third-order valence-corrected chi connectivity index (χ3v) is 3.88. The molecule has 1 N–H and O–H groups in total. The monoisotopic (exact) mass is 303 g/mol. The van der Waals surface area contributed by atoms with Crippen LogP contribution < -0.4 is 5.32 Å². The fourth-order valence-electron chi connectivity index (χ4n) is 1.86. The highest BCUT2D eigenvalue weighted by molar-refractivity contribution is 9.10. The predicted octanol–water partition coefficient (Wildman–Crippen LogP) is 3.40. The molecule has 17 heavy (non-hydrogen) atoms. The van der Waals surface area contributed by atoms with Gasteiger partial charge >= 0.3 is 0 Å². The fraction of sp³-hybridized carbons (Fsp3) is 0.417. The van der Waals surface area contributed by atoms with Gasteiger partial charge in [0.05, 0.1) is 4.47 Å². The first kappa shape index (κ1) is 12.5. The van der Waals surface area contributed by atoms with Crippen LogP contribution in [0.15, 0.2) is 16.6 Å². The van der Waals surface area contributed by atoms with Crippen LogP contribution in [0.3, 0.4) is 0 Å². The van der Waals surface area contributed by atoms with Gasteiger partial charge in [0.2, 0.25) is 0 Å². The SMILES string of the molecule is CC1(NC(=O)c2cc(F)c(Br)c(F)c2)CCC1. The van der Waals surface area contributed by atoms with Gasteiger partial charge in [-0.25, -0.2) is 8.78 Å². The molecule has 1 amide bonds. The minimum atomic E-state index is -0.770. The quantitative estimate of drug-likeness (QED) is 0.834. The molecule has 1 aromatic carbocycles. The predicted molar refractivity (Wildman–Crippen MR) is 63.8 cm³/mol. The second-order valence-corrected chi connectivity index (χ2v) is 5.42. The number of hydrogen-bond acceptors (Lipinski definition) is 1. The van der Waals surface area contributed by atoms with Crippen LogP contribution in [0.4, 0.5) is 8.78 Å². The van der Waals surface area contributed by atoms with Gasteiger partial charge in [0.25, 0.3) is 5.91 Å². The van der Waals surface area contributed by atoms with Crippen LogP contribution in [0.2, 0.25) is 0 Å². The lowest BCUT2D eigenvalue weighted by Gasteiger charge is -2.39. The number of nitrogens with one attached hydrogen (secondary N) is 1. The molecule has 1 fully saturated rings. The molecule has 0 unspecified atom stereocenters. The van der Waals surface area contributed by atoms with E-state index in [0.29, 0.717) is 0 Å². The van der Waals surface area contributed by atoms with Crippen LogP contribution in [0.5, 0.6) is 0 Å². The maximum atomic E-state index is 13.3. The number of amides is 1. The van der Waals surface area contributed by atoms with Crippen LogP contribution in [0.25, 0.3) is 0 Å². The highest BCUT2D eigenvalue weighted by atomic mass is 79.9. The molecule has 0 spiro atoms. The van der Waals surface area contributed by atoms with Gasteiger partial charge in [0.15, 0.2) is 0 Å². The number of carbonyl (C=O) groups is 1. The Morgan fingerprint density at radius 3 is 2.29 bits per heavy atom. The van der Waals surface area contributed by atoms with Crippen molar-refractivity contribution in [2.45, 2.75) is 31.7 Å². The molecule has 1 aliphatic carbocycles. The maximum absolute atomic E-state index is 13.3. The van der Waals surface area contributed by atoms with Crippen molar-refractivity contribution in [1.29, 1.82) is 0 Å². The molecule has 0 aromatic heterocycles. The van der Waals surface area contributed by atoms with E-state index in [-0.39, 0.29) is 15.6 Å². The summed E-state index contributed by atoms with van der Waals surface area (Å²) >= 11 is 2.77. The molecule has 0 radical (unpaired) electrons. The van der Waals surface area contributed by atoms with E-state index in [1.54, 1.807) is 0 Å². The number of hydrogen-bond donors (Lipinski definition) is 1. The van der Waals surface area contributed by atoms with Crippen molar-refractivity contribution in [2.75, 3.05) is 0 Å². The Morgan fingerprint density at radius 1 is 1.35 bits per heavy atom. The van der Waals surface area contributed by atoms with Gasteiger partial charge in [-0.1, -0.05) is 0 Å². The Hall–Kier alpha value is -0.970. The lowest BCUT2D eigenvalue weighted by molar-refractivity contribution is 0.0849. The Bertz CT molecular complexity index is 449. The van der Waals surface area contributed by atoms with E-state index in [2.05, 4.69) is 21.2 Å². The van der Waals surface area contributed by atoms with Crippen molar-refractivity contribution in [3.8, 4) is 0 Å². The molecule has 0 atom stereocenters. The van der Waals surface area contributed by atoms with Gasteiger partial charge in [0.1, 0.15) is 11.6 Å². The van der Waals surface area contributed by atoms with Crippen molar-refractivity contribution < 1.29 is 13.6 Å². The van der Waals surface area contributed by atoms with Gasteiger partial charge in [-0.15, -0.1) is 0 Å². The van der Waals surface area contributed by atoms with Gasteiger partial charge in [-0.2, -0.15) is 0 Å². The summed E-state index contributed by atoms with van der Waals surface area (Å²) in [6.45, 7) is 1.93. The van der Waals surface area contributed by atoms with E-state index in [1.165, 1.54) is 0 Å². The zero-order valence-corrected chi connectivity index (χ0v) is 10.9. The first-order valence-electron chi connectivity index (χ1n) is 5.38. The summed E-state index contributed by atoms with van der Waals surface area (Å²) in [5.41, 5.74) is -0.215. The van der Waals surface area contributed by atoms with Gasteiger partial charge < -0.3 is 5.32 Å².